The van der Waals surface area contributed by atoms with Crippen LogP contribution < -0.4 is 0 Å². The van der Waals surface area contributed by atoms with Crippen LogP contribution in [0, 0.1) is 29.6 Å². The lowest BCUT2D eigenvalue weighted by Gasteiger charge is -1.99. The molecule has 6 nitrogen and oxygen atoms in total. The minimum absolute atomic E-state index is 0.104. The first-order valence-electron chi connectivity index (χ1n) is 9.58. The molecule has 3 aromatic rings. The number of Topliss-reactive ketones (excluding diaryl/α,β-unsaturated/α-hetero) is 1. The number of carbonyl (C=O) groups excluding carboxylic acids is 2. The Morgan fingerprint density at radius 2 is 2.03 bits per heavy atom. The van der Waals surface area contributed by atoms with Crippen LogP contribution in [0.25, 0.3) is 17.4 Å². The molecule has 0 aliphatic heterocycles. The van der Waals surface area contributed by atoms with Crippen LogP contribution in [0.2, 0.25) is 0 Å². The molecule has 3 rings (SSSR count). The maximum atomic E-state index is 12.8. The number of hydrogen-bond donors (Lipinski definition) is 0. The Morgan fingerprint density at radius 3 is 2.69 bits per heavy atom. The fraction of sp³-hybridized carbons (Fsp3) is 0.167. The Labute approximate surface area is 197 Å². The van der Waals surface area contributed by atoms with Gasteiger partial charge in [0.1, 0.15) is 28.5 Å². The van der Waals surface area contributed by atoms with E-state index in [0.29, 0.717) is 26.8 Å². The summed E-state index contributed by atoms with van der Waals surface area (Å²) in [6.07, 6.45) is 1.20. The summed E-state index contributed by atoms with van der Waals surface area (Å²) in [5, 5.41) is 19.0. The predicted octanol–water partition coefficient (Wildman–Crippen LogP) is 5.85. The number of halogens is 1. The topological polar surface area (TPSA) is 104 Å². The Kier molecular flexibility index (Phi) is 7.42. The molecule has 0 fully saturated rings. The molecule has 0 aliphatic rings. The molecule has 0 N–H and O–H groups in total. The molecule has 0 saturated heterocycles. The molecule has 2 heterocycles. The van der Waals surface area contributed by atoms with Crippen LogP contribution in [0.5, 0.6) is 0 Å². The number of allylic oxidation sites excluding steroid dienone is 1. The third kappa shape index (κ3) is 5.05. The summed E-state index contributed by atoms with van der Waals surface area (Å²) < 4.78 is 11.7. The lowest BCUT2D eigenvalue weighted by Crippen LogP contribution is -2.05. The van der Waals surface area contributed by atoms with Crippen LogP contribution in [0.1, 0.15) is 38.4 Å². The maximum Gasteiger partial charge on any atom is 0.348 e. The van der Waals surface area contributed by atoms with Crippen LogP contribution in [0.3, 0.4) is 0 Å². The normalized spacial score (nSPS) is 11.0. The average Bonchev–Trinajstić information content (AvgIpc) is 3.36. The van der Waals surface area contributed by atoms with E-state index in [9.17, 15) is 20.1 Å². The first kappa shape index (κ1) is 23.2. The van der Waals surface area contributed by atoms with Gasteiger partial charge in [0.05, 0.1) is 17.7 Å². The van der Waals surface area contributed by atoms with Crippen molar-refractivity contribution in [3.63, 3.8) is 0 Å². The summed E-state index contributed by atoms with van der Waals surface area (Å²) in [6, 6.07) is 14.9. The summed E-state index contributed by atoms with van der Waals surface area (Å²) in [6.45, 7) is 3.54. The van der Waals surface area contributed by atoms with Gasteiger partial charge in [-0.2, -0.15) is 10.5 Å². The smallest absolute Gasteiger partial charge is 0.348 e. The third-order valence-corrected chi connectivity index (χ3v) is 6.32. The standard InChI is InChI=1S/C24H17BrN2O4S/c1-3-30-24(29)23-14(2)19(13-27)22(32-23)11-20(28)16(12-26)10-18-7-8-21(31-18)15-5-4-6-17(25)9-15/h4-10H,3,11H2,1-2H3. The van der Waals surface area contributed by atoms with Gasteiger partial charge in [-0.1, -0.05) is 28.1 Å². The summed E-state index contributed by atoms with van der Waals surface area (Å²) >= 11 is 4.45. The number of benzene rings is 1. The summed E-state index contributed by atoms with van der Waals surface area (Å²) in [5.41, 5.74) is 1.49. The van der Waals surface area contributed by atoms with E-state index in [1.165, 1.54) is 6.08 Å². The van der Waals surface area contributed by atoms with Crippen molar-refractivity contribution in [1.82, 2.24) is 0 Å². The SMILES string of the molecule is CCOC(=O)c1sc(CC(=O)C(C#N)=Cc2ccc(-c3cccc(Br)c3)o2)c(C#N)c1C. The number of furan rings is 1. The highest BCUT2D eigenvalue weighted by Crippen LogP contribution is 2.30. The Morgan fingerprint density at radius 1 is 1.25 bits per heavy atom. The number of carbonyl (C=O) groups is 2. The lowest BCUT2D eigenvalue weighted by atomic mass is 10.0. The molecule has 0 aliphatic carbocycles. The van der Waals surface area contributed by atoms with Gasteiger partial charge in [0.2, 0.25) is 0 Å². The molecule has 0 unspecified atom stereocenters. The van der Waals surface area contributed by atoms with Gasteiger partial charge >= 0.3 is 5.97 Å². The number of hydrogen-bond acceptors (Lipinski definition) is 7. The first-order valence-corrected chi connectivity index (χ1v) is 11.2. The zero-order valence-electron chi connectivity index (χ0n) is 17.3. The van der Waals surface area contributed by atoms with Crippen LogP contribution in [0.4, 0.5) is 0 Å². The Bertz CT molecular complexity index is 1300. The molecule has 0 bridgehead atoms. The number of nitriles is 2. The Balaban J connectivity index is 1.85. The highest BCUT2D eigenvalue weighted by molar-refractivity contribution is 9.10. The number of ketones is 1. The lowest BCUT2D eigenvalue weighted by molar-refractivity contribution is -0.114. The number of thiophene rings is 1. The summed E-state index contributed by atoms with van der Waals surface area (Å²) in [4.78, 5) is 25.6. The van der Waals surface area contributed by atoms with E-state index in [4.69, 9.17) is 9.15 Å². The molecule has 0 spiro atoms. The van der Waals surface area contributed by atoms with E-state index >= 15 is 0 Å². The van der Waals surface area contributed by atoms with Crippen molar-refractivity contribution in [1.29, 1.82) is 10.5 Å². The van der Waals surface area contributed by atoms with Crippen LogP contribution in [-0.2, 0) is 16.0 Å². The molecular weight excluding hydrogens is 492 g/mol. The van der Waals surface area contributed by atoms with Crippen molar-refractivity contribution in [2.24, 2.45) is 0 Å². The van der Waals surface area contributed by atoms with Crippen molar-refractivity contribution in [3.8, 4) is 23.5 Å². The number of rotatable bonds is 7. The first-order chi connectivity index (χ1) is 15.4. The zero-order chi connectivity index (χ0) is 23.3. The minimum atomic E-state index is -0.531. The van der Waals surface area contributed by atoms with E-state index in [1.807, 2.05) is 36.4 Å². The number of nitrogens with zero attached hydrogens (tertiary/aromatic N) is 2. The molecular formula is C24H17BrN2O4S. The quantitative estimate of drug-likeness (QED) is 0.225. The molecule has 160 valence electrons. The molecule has 1 aromatic carbocycles. The zero-order valence-corrected chi connectivity index (χ0v) is 19.7. The summed E-state index contributed by atoms with van der Waals surface area (Å²) in [5.74, 6) is -0.0417. The maximum absolute atomic E-state index is 12.8. The van der Waals surface area contributed by atoms with Gasteiger partial charge in [0, 0.05) is 27.4 Å². The molecule has 2 aromatic heterocycles. The fourth-order valence-electron chi connectivity index (χ4n) is 3.02. The summed E-state index contributed by atoms with van der Waals surface area (Å²) in [7, 11) is 0. The van der Waals surface area contributed by atoms with Crippen molar-refractivity contribution in [2.75, 3.05) is 6.61 Å². The van der Waals surface area contributed by atoms with E-state index in [-0.39, 0.29) is 24.2 Å². The van der Waals surface area contributed by atoms with Gasteiger partial charge in [-0.3, -0.25) is 4.79 Å². The van der Waals surface area contributed by atoms with E-state index in [2.05, 4.69) is 15.9 Å². The van der Waals surface area contributed by atoms with Crippen LogP contribution >= 0.6 is 27.3 Å². The second kappa shape index (κ2) is 10.2. The Hall–Kier alpha value is -3.46. The highest BCUT2D eigenvalue weighted by atomic mass is 79.9. The molecule has 0 radical (unpaired) electrons. The van der Waals surface area contributed by atoms with Gasteiger partial charge in [0.15, 0.2) is 5.78 Å². The number of ether oxygens (including phenoxy) is 1. The van der Waals surface area contributed by atoms with Gasteiger partial charge in [-0.05, 0) is 43.7 Å². The van der Waals surface area contributed by atoms with Crippen molar-refractivity contribution >= 4 is 45.1 Å². The van der Waals surface area contributed by atoms with Gasteiger partial charge < -0.3 is 9.15 Å². The molecule has 0 amide bonds. The van der Waals surface area contributed by atoms with Crippen molar-refractivity contribution < 1.29 is 18.7 Å². The minimum Gasteiger partial charge on any atom is -0.462 e. The number of esters is 1. The van der Waals surface area contributed by atoms with Gasteiger partial charge in [0.25, 0.3) is 0 Å². The molecule has 32 heavy (non-hydrogen) atoms. The second-order valence-corrected chi connectivity index (χ2v) is 8.69. The molecule has 0 atom stereocenters. The second-order valence-electron chi connectivity index (χ2n) is 6.67. The van der Waals surface area contributed by atoms with Crippen LogP contribution in [0.15, 0.2) is 50.9 Å². The average molecular weight is 509 g/mol. The monoisotopic (exact) mass is 508 g/mol. The van der Waals surface area contributed by atoms with E-state index in [0.717, 1.165) is 21.4 Å². The van der Waals surface area contributed by atoms with Crippen molar-refractivity contribution in [2.45, 2.75) is 20.3 Å². The predicted molar refractivity (Wildman–Crippen MR) is 124 cm³/mol. The molecule has 8 heteroatoms. The van der Waals surface area contributed by atoms with E-state index < -0.39 is 11.8 Å². The fourth-order valence-corrected chi connectivity index (χ4v) is 4.57. The van der Waals surface area contributed by atoms with E-state index in [1.54, 1.807) is 26.0 Å². The highest BCUT2D eigenvalue weighted by Gasteiger charge is 2.23. The van der Waals surface area contributed by atoms with Gasteiger partial charge in [-0.25, -0.2) is 4.79 Å². The largest absolute Gasteiger partial charge is 0.462 e. The third-order valence-electron chi connectivity index (χ3n) is 4.56. The van der Waals surface area contributed by atoms with Crippen LogP contribution in [-0.4, -0.2) is 18.4 Å². The molecule has 0 saturated carbocycles. The van der Waals surface area contributed by atoms with Crippen molar-refractivity contribution in [3.05, 3.63) is 73.1 Å². The van der Waals surface area contributed by atoms with Gasteiger partial charge in [-0.15, -0.1) is 11.3 Å².